The van der Waals surface area contributed by atoms with Crippen LogP contribution in [0.4, 0.5) is 0 Å². The molecular formula is C11H14Cl2N2. The fourth-order valence-electron chi connectivity index (χ4n) is 1.74. The Labute approximate surface area is 101 Å². The summed E-state index contributed by atoms with van der Waals surface area (Å²) < 4.78 is 0.171. The average molecular weight is 245 g/mol. The lowest BCUT2D eigenvalue weighted by atomic mass is 10.1. The molecule has 2 nitrogen and oxygen atoms in total. The molecule has 0 saturated carbocycles. The third-order valence-electron chi connectivity index (χ3n) is 2.71. The number of nitrogens with zero attached hydrogens (tertiary/aromatic N) is 2. The van der Waals surface area contributed by atoms with Gasteiger partial charge in [0.1, 0.15) is 10.6 Å². The molecule has 1 saturated heterocycles. The highest BCUT2D eigenvalue weighted by Gasteiger charge is 2.16. The molecule has 0 unspecified atom stereocenters. The van der Waals surface area contributed by atoms with Gasteiger partial charge in [0.25, 0.3) is 0 Å². The Bertz CT molecular complexity index is 340. The fraction of sp³-hybridized carbons (Fsp3) is 0.545. The standard InChI is InChI=1S/C11H14Cl2N2/c1-8(11(12)13)10(7-14)9(2)15-5-3-4-6-15/h3-6H2,1-2H3/b10-9+. The van der Waals surface area contributed by atoms with Gasteiger partial charge in [0, 0.05) is 18.8 Å². The zero-order valence-electron chi connectivity index (χ0n) is 8.98. The van der Waals surface area contributed by atoms with Gasteiger partial charge in [-0.25, -0.2) is 0 Å². The molecule has 1 rings (SSSR count). The van der Waals surface area contributed by atoms with E-state index in [0.717, 1.165) is 18.8 Å². The Morgan fingerprint density at radius 1 is 1.20 bits per heavy atom. The molecule has 0 atom stereocenters. The molecule has 0 spiro atoms. The van der Waals surface area contributed by atoms with Gasteiger partial charge < -0.3 is 4.90 Å². The molecule has 0 aromatic carbocycles. The van der Waals surface area contributed by atoms with E-state index in [0.29, 0.717) is 11.1 Å². The first-order valence-corrected chi connectivity index (χ1v) is 5.71. The number of rotatable bonds is 2. The maximum absolute atomic E-state index is 9.09. The van der Waals surface area contributed by atoms with Gasteiger partial charge in [-0.3, -0.25) is 0 Å². The summed E-state index contributed by atoms with van der Waals surface area (Å²) in [5.74, 6) is 0. The highest BCUT2D eigenvalue weighted by atomic mass is 35.5. The number of nitriles is 1. The van der Waals surface area contributed by atoms with E-state index >= 15 is 0 Å². The third kappa shape index (κ3) is 2.90. The summed E-state index contributed by atoms with van der Waals surface area (Å²) in [6, 6.07) is 2.17. The van der Waals surface area contributed by atoms with Crippen molar-refractivity contribution in [3.8, 4) is 6.07 Å². The van der Waals surface area contributed by atoms with Gasteiger partial charge in [0.05, 0.1) is 5.57 Å². The highest BCUT2D eigenvalue weighted by molar-refractivity contribution is 6.56. The maximum Gasteiger partial charge on any atom is 0.111 e. The van der Waals surface area contributed by atoms with Crippen LogP contribution in [-0.4, -0.2) is 18.0 Å². The first-order chi connectivity index (χ1) is 7.07. The van der Waals surface area contributed by atoms with Crippen LogP contribution in [0.15, 0.2) is 21.3 Å². The molecule has 1 aliphatic heterocycles. The van der Waals surface area contributed by atoms with Crippen molar-refractivity contribution in [3.63, 3.8) is 0 Å². The van der Waals surface area contributed by atoms with Gasteiger partial charge in [0.15, 0.2) is 0 Å². The molecule has 0 amide bonds. The number of hydrogen-bond acceptors (Lipinski definition) is 2. The second-order valence-corrected chi connectivity index (χ2v) is 4.60. The SMILES string of the molecule is CC(=C(Cl)Cl)/C(C#N)=C(\C)N1CCCC1. The number of halogens is 2. The first kappa shape index (κ1) is 12.4. The minimum absolute atomic E-state index is 0.171. The van der Waals surface area contributed by atoms with Crippen LogP contribution in [0.1, 0.15) is 26.7 Å². The molecule has 0 bridgehead atoms. The minimum atomic E-state index is 0.171. The van der Waals surface area contributed by atoms with Crippen molar-refractivity contribution in [1.82, 2.24) is 4.90 Å². The van der Waals surface area contributed by atoms with Crippen LogP contribution in [0.5, 0.6) is 0 Å². The van der Waals surface area contributed by atoms with Gasteiger partial charge in [-0.1, -0.05) is 23.2 Å². The topological polar surface area (TPSA) is 27.0 Å². The number of likely N-dealkylation sites (tertiary alicyclic amines) is 1. The van der Waals surface area contributed by atoms with Crippen LogP contribution in [-0.2, 0) is 0 Å². The van der Waals surface area contributed by atoms with Crippen LogP contribution in [0.3, 0.4) is 0 Å². The minimum Gasteiger partial charge on any atom is -0.374 e. The zero-order valence-corrected chi connectivity index (χ0v) is 10.5. The summed E-state index contributed by atoms with van der Waals surface area (Å²) >= 11 is 11.4. The second-order valence-electron chi connectivity index (χ2n) is 3.65. The summed E-state index contributed by atoms with van der Waals surface area (Å²) in [6.45, 7) is 5.76. The van der Waals surface area contributed by atoms with Crippen molar-refractivity contribution < 1.29 is 0 Å². The van der Waals surface area contributed by atoms with E-state index in [1.54, 1.807) is 6.92 Å². The Morgan fingerprint density at radius 3 is 2.13 bits per heavy atom. The molecule has 82 valence electrons. The van der Waals surface area contributed by atoms with Crippen LogP contribution in [0.25, 0.3) is 0 Å². The summed E-state index contributed by atoms with van der Waals surface area (Å²) in [5, 5.41) is 9.09. The number of hydrogen-bond donors (Lipinski definition) is 0. The van der Waals surface area contributed by atoms with E-state index in [4.69, 9.17) is 28.5 Å². The molecule has 0 radical (unpaired) electrons. The largest absolute Gasteiger partial charge is 0.374 e. The van der Waals surface area contributed by atoms with E-state index in [9.17, 15) is 0 Å². The lowest BCUT2D eigenvalue weighted by Crippen LogP contribution is -2.18. The van der Waals surface area contributed by atoms with Gasteiger partial charge in [-0.05, 0) is 32.3 Å². The smallest absolute Gasteiger partial charge is 0.111 e. The zero-order chi connectivity index (χ0) is 11.4. The van der Waals surface area contributed by atoms with Crippen molar-refractivity contribution in [3.05, 3.63) is 21.3 Å². The molecule has 0 aromatic heterocycles. The van der Waals surface area contributed by atoms with Crippen molar-refractivity contribution in [2.45, 2.75) is 26.7 Å². The van der Waals surface area contributed by atoms with Gasteiger partial charge in [0.2, 0.25) is 0 Å². The van der Waals surface area contributed by atoms with Gasteiger partial charge >= 0.3 is 0 Å². The Kier molecular flexibility index (Phi) is 4.50. The second kappa shape index (κ2) is 5.44. The molecule has 1 heterocycles. The van der Waals surface area contributed by atoms with Crippen LogP contribution < -0.4 is 0 Å². The monoisotopic (exact) mass is 244 g/mol. The van der Waals surface area contributed by atoms with E-state index < -0.39 is 0 Å². The van der Waals surface area contributed by atoms with E-state index in [1.165, 1.54) is 12.8 Å². The van der Waals surface area contributed by atoms with E-state index in [2.05, 4.69) is 11.0 Å². The lowest BCUT2D eigenvalue weighted by Gasteiger charge is -2.20. The van der Waals surface area contributed by atoms with Crippen LogP contribution in [0.2, 0.25) is 0 Å². The predicted molar refractivity (Wildman–Crippen MR) is 63.5 cm³/mol. The summed E-state index contributed by atoms with van der Waals surface area (Å²) in [7, 11) is 0. The van der Waals surface area contributed by atoms with Gasteiger partial charge in [-0.2, -0.15) is 5.26 Å². The quantitative estimate of drug-likeness (QED) is 0.549. The van der Waals surface area contributed by atoms with Crippen molar-refractivity contribution in [1.29, 1.82) is 5.26 Å². The maximum atomic E-state index is 9.09. The highest BCUT2D eigenvalue weighted by Crippen LogP contribution is 2.25. The third-order valence-corrected chi connectivity index (χ3v) is 3.28. The normalized spacial score (nSPS) is 17.1. The van der Waals surface area contributed by atoms with Crippen molar-refractivity contribution >= 4 is 23.2 Å². The lowest BCUT2D eigenvalue weighted by molar-refractivity contribution is 0.425. The van der Waals surface area contributed by atoms with Crippen molar-refractivity contribution in [2.75, 3.05) is 13.1 Å². The van der Waals surface area contributed by atoms with Gasteiger partial charge in [-0.15, -0.1) is 0 Å². The van der Waals surface area contributed by atoms with Crippen molar-refractivity contribution in [2.24, 2.45) is 0 Å². The molecule has 0 aliphatic carbocycles. The first-order valence-electron chi connectivity index (χ1n) is 4.96. The fourth-order valence-corrected chi connectivity index (χ4v) is 1.93. The number of allylic oxidation sites excluding steroid dienone is 3. The van der Waals surface area contributed by atoms with Crippen LogP contribution >= 0.6 is 23.2 Å². The Morgan fingerprint density at radius 2 is 1.73 bits per heavy atom. The summed E-state index contributed by atoms with van der Waals surface area (Å²) in [5.41, 5.74) is 2.23. The predicted octanol–water partition coefficient (Wildman–Crippen LogP) is 3.59. The molecule has 1 fully saturated rings. The molecule has 4 heteroatoms. The Balaban J connectivity index is 3.03. The molecular weight excluding hydrogens is 231 g/mol. The van der Waals surface area contributed by atoms with E-state index in [-0.39, 0.29) is 4.49 Å². The summed E-state index contributed by atoms with van der Waals surface area (Å²) in [6.07, 6.45) is 2.38. The Hall–Kier alpha value is -0.650. The van der Waals surface area contributed by atoms with E-state index in [1.807, 2.05) is 6.92 Å². The molecule has 15 heavy (non-hydrogen) atoms. The average Bonchev–Trinajstić information content (AvgIpc) is 2.71. The molecule has 0 aromatic rings. The molecule has 0 N–H and O–H groups in total. The van der Waals surface area contributed by atoms with Crippen LogP contribution in [0, 0.1) is 11.3 Å². The molecule has 1 aliphatic rings. The summed E-state index contributed by atoms with van der Waals surface area (Å²) in [4.78, 5) is 2.21.